The van der Waals surface area contributed by atoms with Crippen LogP contribution in [0.2, 0.25) is 0 Å². The molecule has 0 aliphatic heterocycles. The number of ketones is 1. The highest BCUT2D eigenvalue weighted by atomic mass is 16.1. The highest BCUT2D eigenvalue weighted by Crippen LogP contribution is 2.38. The van der Waals surface area contributed by atoms with Crippen molar-refractivity contribution in [3.05, 3.63) is 0 Å². The van der Waals surface area contributed by atoms with Crippen molar-refractivity contribution in [1.29, 1.82) is 0 Å². The largest absolute Gasteiger partial charge is 0.299 e. The second kappa shape index (κ2) is 5.67. The second-order valence-electron chi connectivity index (χ2n) is 5.64. The van der Waals surface area contributed by atoms with Gasteiger partial charge in [-0.3, -0.25) is 4.79 Å². The van der Waals surface area contributed by atoms with Crippen LogP contribution in [-0.4, -0.2) is 5.78 Å². The Hall–Kier alpha value is -0.330. The maximum Gasteiger partial charge on any atom is 0.139 e. The molecule has 0 aromatic rings. The topological polar surface area (TPSA) is 17.1 Å². The normalized spacial score (nSPS) is 22.3. The zero-order valence-corrected chi connectivity index (χ0v) is 10.6. The maximum atomic E-state index is 12.2. The summed E-state index contributed by atoms with van der Waals surface area (Å²) in [4.78, 5) is 12.2. The Bertz CT molecular complexity index is 201. The highest BCUT2D eigenvalue weighted by molar-refractivity contribution is 5.84. The van der Waals surface area contributed by atoms with E-state index in [1.54, 1.807) is 0 Å². The van der Waals surface area contributed by atoms with E-state index in [1.807, 2.05) is 0 Å². The van der Waals surface area contributed by atoms with Gasteiger partial charge in [0.25, 0.3) is 0 Å². The van der Waals surface area contributed by atoms with Gasteiger partial charge in [0.15, 0.2) is 0 Å². The summed E-state index contributed by atoms with van der Waals surface area (Å²) in [5.74, 6) is 1.12. The van der Waals surface area contributed by atoms with Crippen molar-refractivity contribution < 1.29 is 4.79 Å². The minimum Gasteiger partial charge on any atom is -0.299 e. The van der Waals surface area contributed by atoms with Crippen LogP contribution in [0.5, 0.6) is 0 Å². The molecule has 88 valence electrons. The second-order valence-corrected chi connectivity index (χ2v) is 5.64. The van der Waals surface area contributed by atoms with Crippen LogP contribution in [0, 0.1) is 11.3 Å². The zero-order valence-electron chi connectivity index (χ0n) is 10.6. The third-order valence-corrected chi connectivity index (χ3v) is 3.95. The van der Waals surface area contributed by atoms with E-state index < -0.39 is 0 Å². The number of hydrogen-bond donors (Lipinski definition) is 0. The van der Waals surface area contributed by atoms with Gasteiger partial charge in [-0.15, -0.1) is 0 Å². The molecule has 1 aliphatic rings. The quantitative estimate of drug-likeness (QED) is 0.659. The summed E-state index contributed by atoms with van der Waals surface area (Å²) in [6.45, 7) is 6.60. The van der Waals surface area contributed by atoms with E-state index in [9.17, 15) is 4.79 Å². The minimum absolute atomic E-state index is 0.0280. The van der Waals surface area contributed by atoms with Gasteiger partial charge in [-0.2, -0.15) is 0 Å². The van der Waals surface area contributed by atoms with Crippen LogP contribution >= 0.6 is 0 Å². The molecule has 0 radical (unpaired) electrons. The predicted octanol–water partition coefficient (Wildman–Crippen LogP) is 4.35. The molecule has 15 heavy (non-hydrogen) atoms. The molecule has 1 unspecified atom stereocenters. The summed E-state index contributed by atoms with van der Waals surface area (Å²) < 4.78 is 0. The van der Waals surface area contributed by atoms with Crippen molar-refractivity contribution in [2.75, 3.05) is 0 Å². The summed E-state index contributed by atoms with van der Waals surface area (Å²) in [6.07, 6.45) is 9.30. The van der Waals surface area contributed by atoms with Crippen molar-refractivity contribution >= 4 is 5.78 Å². The van der Waals surface area contributed by atoms with E-state index in [4.69, 9.17) is 0 Å². The standard InChI is InChI=1S/C14H26O/c1-4-8-12(2)11-13(15)14(3)9-6-5-7-10-14/h12H,4-11H2,1-3H3. The first kappa shape index (κ1) is 12.7. The maximum absolute atomic E-state index is 12.2. The van der Waals surface area contributed by atoms with Gasteiger partial charge < -0.3 is 0 Å². The first-order valence-corrected chi connectivity index (χ1v) is 6.62. The molecule has 1 saturated carbocycles. The van der Waals surface area contributed by atoms with E-state index in [1.165, 1.54) is 32.1 Å². The molecule has 1 rings (SSSR count). The molecule has 1 nitrogen and oxygen atoms in total. The first-order valence-electron chi connectivity index (χ1n) is 6.62. The molecule has 0 bridgehead atoms. The molecule has 0 saturated heterocycles. The fourth-order valence-electron chi connectivity index (χ4n) is 2.77. The van der Waals surface area contributed by atoms with Gasteiger partial charge in [0.1, 0.15) is 5.78 Å². The van der Waals surface area contributed by atoms with Crippen LogP contribution in [0.25, 0.3) is 0 Å². The van der Waals surface area contributed by atoms with Crippen LogP contribution in [-0.2, 0) is 4.79 Å². The smallest absolute Gasteiger partial charge is 0.139 e. The van der Waals surface area contributed by atoms with E-state index in [-0.39, 0.29) is 5.41 Å². The molecule has 0 aromatic carbocycles. The Kier molecular flexibility index (Phi) is 4.82. The van der Waals surface area contributed by atoms with Crippen molar-refractivity contribution in [2.24, 2.45) is 11.3 Å². The Morgan fingerprint density at radius 2 is 1.87 bits per heavy atom. The SMILES string of the molecule is CCCC(C)CC(=O)C1(C)CCCCC1. The summed E-state index contributed by atoms with van der Waals surface area (Å²) in [5.41, 5.74) is 0.0280. The summed E-state index contributed by atoms with van der Waals surface area (Å²) in [5, 5.41) is 0. The number of carbonyl (C=O) groups excluding carboxylic acids is 1. The molecular formula is C14H26O. The Morgan fingerprint density at radius 1 is 1.27 bits per heavy atom. The molecule has 0 spiro atoms. The Labute approximate surface area is 94.6 Å². The van der Waals surface area contributed by atoms with Crippen LogP contribution in [0.3, 0.4) is 0 Å². The zero-order chi connectivity index (χ0) is 11.3. The van der Waals surface area contributed by atoms with Gasteiger partial charge in [-0.25, -0.2) is 0 Å². The summed E-state index contributed by atoms with van der Waals surface area (Å²) in [6, 6.07) is 0. The molecular weight excluding hydrogens is 184 g/mol. The molecule has 0 aromatic heterocycles. The minimum atomic E-state index is 0.0280. The van der Waals surface area contributed by atoms with Crippen LogP contribution < -0.4 is 0 Å². The van der Waals surface area contributed by atoms with E-state index in [2.05, 4.69) is 20.8 Å². The lowest BCUT2D eigenvalue weighted by Crippen LogP contribution is -2.31. The van der Waals surface area contributed by atoms with Gasteiger partial charge in [0.2, 0.25) is 0 Å². The van der Waals surface area contributed by atoms with Crippen LogP contribution in [0.15, 0.2) is 0 Å². The average Bonchev–Trinajstić information content (AvgIpc) is 2.19. The number of rotatable bonds is 5. The number of hydrogen-bond acceptors (Lipinski definition) is 1. The summed E-state index contributed by atoms with van der Waals surface area (Å²) in [7, 11) is 0. The third kappa shape index (κ3) is 3.62. The fourth-order valence-corrected chi connectivity index (χ4v) is 2.77. The van der Waals surface area contributed by atoms with E-state index in [0.29, 0.717) is 11.7 Å². The van der Waals surface area contributed by atoms with Gasteiger partial charge in [0.05, 0.1) is 0 Å². The van der Waals surface area contributed by atoms with E-state index >= 15 is 0 Å². The molecule has 1 fully saturated rings. The van der Waals surface area contributed by atoms with Gasteiger partial charge in [0, 0.05) is 11.8 Å². The van der Waals surface area contributed by atoms with Gasteiger partial charge in [-0.05, 0) is 18.8 Å². The van der Waals surface area contributed by atoms with Crippen molar-refractivity contribution in [3.63, 3.8) is 0 Å². The number of Topliss-reactive ketones (excluding diaryl/α,β-unsaturated/α-hetero) is 1. The van der Waals surface area contributed by atoms with Crippen LogP contribution in [0.1, 0.15) is 72.1 Å². The molecule has 0 N–H and O–H groups in total. The lowest BCUT2D eigenvalue weighted by molar-refractivity contribution is -0.130. The Balaban J connectivity index is 2.44. The lowest BCUT2D eigenvalue weighted by Gasteiger charge is -2.32. The van der Waals surface area contributed by atoms with Crippen LogP contribution in [0.4, 0.5) is 0 Å². The molecule has 1 heteroatoms. The highest BCUT2D eigenvalue weighted by Gasteiger charge is 2.34. The van der Waals surface area contributed by atoms with Crippen molar-refractivity contribution in [3.8, 4) is 0 Å². The molecule has 1 atom stereocenters. The molecule has 0 amide bonds. The van der Waals surface area contributed by atoms with E-state index in [0.717, 1.165) is 19.3 Å². The molecule has 1 aliphatic carbocycles. The lowest BCUT2D eigenvalue weighted by atomic mass is 9.71. The first-order chi connectivity index (χ1) is 7.08. The number of carbonyl (C=O) groups is 1. The van der Waals surface area contributed by atoms with Crippen molar-refractivity contribution in [1.82, 2.24) is 0 Å². The predicted molar refractivity (Wildman–Crippen MR) is 64.9 cm³/mol. The van der Waals surface area contributed by atoms with Crippen molar-refractivity contribution in [2.45, 2.75) is 72.1 Å². The van der Waals surface area contributed by atoms with Gasteiger partial charge >= 0.3 is 0 Å². The monoisotopic (exact) mass is 210 g/mol. The summed E-state index contributed by atoms with van der Waals surface area (Å²) >= 11 is 0. The Morgan fingerprint density at radius 3 is 2.40 bits per heavy atom. The fraction of sp³-hybridized carbons (Fsp3) is 0.929. The molecule has 0 heterocycles. The van der Waals surface area contributed by atoms with Gasteiger partial charge in [-0.1, -0.05) is 52.9 Å². The average molecular weight is 210 g/mol. The third-order valence-electron chi connectivity index (χ3n) is 3.95.